The van der Waals surface area contributed by atoms with Gasteiger partial charge in [-0.05, 0) is 6.42 Å². The average molecular weight is 230 g/mol. The van der Waals surface area contributed by atoms with Gasteiger partial charge in [-0.1, -0.05) is 13.3 Å². The maximum absolute atomic E-state index is 11.0. The van der Waals surface area contributed by atoms with Gasteiger partial charge in [-0.25, -0.2) is 4.79 Å². The number of ether oxygens (including phenoxy) is 3. The number of hydrogen-bond donors (Lipinski definition) is 2. The van der Waals surface area contributed by atoms with E-state index in [4.69, 9.17) is 19.3 Å². The maximum Gasteiger partial charge on any atom is 0.377 e. The Morgan fingerprint density at radius 2 is 2.19 bits per heavy atom. The van der Waals surface area contributed by atoms with E-state index in [1.54, 1.807) is 0 Å². The van der Waals surface area contributed by atoms with Crippen LogP contribution in [0.1, 0.15) is 19.8 Å². The topological polar surface area (TPSA) is 85.2 Å². The summed E-state index contributed by atoms with van der Waals surface area (Å²) >= 11 is 0. The molecular formula is C10H14O6. The molecule has 2 aliphatic rings. The molecule has 0 aromatic heterocycles. The number of hydrogen-bond acceptors (Lipinski definition) is 6. The van der Waals surface area contributed by atoms with Crippen molar-refractivity contribution in [2.75, 3.05) is 6.61 Å². The number of cyclic esters (lactones) is 1. The van der Waals surface area contributed by atoms with Crippen molar-refractivity contribution >= 4 is 5.97 Å². The third-order valence-electron chi connectivity index (χ3n) is 2.57. The van der Waals surface area contributed by atoms with Crippen molar-refractivity contribution in [3.8, 4) is 0 Å². The van der Waals surface area contributed by atoms with E-state index in [9.17, 15) is 9.90 Å². The van der Waals surface area contributed by atoms with Gasteiger partial charge in [0.25, 0.3) is 0 Å². The fourth-order valence-corrected chi connectivity index (χ4v) is 1.74. The highest BCUT2D eigenvalue weighted by Crippen LogP contribution is 2.28. The molecule has 2 rings (SSSR count). The SMILES string of the molecule is CCCC1OCC(C2OC(=O)C(O)=C2O)O1. The number of esters is 1. The highest BCUT2D eigenvalue weighted by atomic mass is 16.7. The zero-order valence-electron chi connectivity index (χ0n) is 8.88. The molecule has 3 atom stereocenters. The first-order valence-electron chi connectivity index (χ1n) is 5.23. The number of carbonyl (C=O) groups is 1. The van der Waals surface area contributed by atoms with Crippen molar-refractivity contribution in [2.45, 2.75) is 38.3 Å². The minimum absolute atomic E-state index is 0.236. The van der Waals surface area contributed by atoms with Crippen LogP contribution in [-0.2, 0) is 19.0 Å². The fourth-order valence-electron chi connectivity index (χ4n) is 1.74. The summed E-state index contributed by atoms with van der Waals surface area (Å²) in [5, 5.41) is 18.6. The van der Waals surface area contributed by atoms with Crippen LogP contribution >= 0.6 is 0 Å². The number of rotatable bonds is 3. The lowest BCUT2D eigenvalue weighted by Gasteiger charge is -2.16. The van der Waals surface area contributed by atoms with E-state index in [2.05, 4.69) is 0 Å². The van der Waals surface area contributed by atoms with E-state index in [0.717, 1.165) is 12.8 Å². The monoisotopic (exact) mass is 230 g/mol. The van der Waals surface area contributed by atoms with Crippen LogP contribution in [0.15, 0.2) is 11.5 Å². The molecule has 0 spiro atoms. The normalized spacial score (nSPS) is 34.6. The standard InChI is InChI=1S/C10H14O6/c1-2-3-6-14-4-5(15-6)9-7(11)8(12)10(13)16-9/h5-6,9,11-12H,2-4H2,1H3. The van der Waals surface area contributed by atoms with Crippen molar-refractivity contribution in [3.63, 3.8) is 0 Å². The molecule has 2 N–H and O–H groups in total. The number of carbonyl (C=O) groups excluding carboxylic acids is 1. The maximum atomic E-state index is 11.0. The number of aliphatic hydroxyl groups is 2. The van der Waals surface area contributed by atoms with Gasteiger partial charge in [-0.15, -0.1) is 0 Å². The predicted molar refractivity (Wildman–Crippen MR) is 51.7 cm³/mol. The van der Waals surface area contributed by atoms with Crippen LogP contribution in [-0.4, -0.2) is 41.3 Å². The Balaban J connectivity index is 1.98. The second kappa shape index (κ2) is 4.31. The zero-order valence-corrected chi connectivity index (χ0v) is 8.88. The molecule has 2 heterocycles. The lowest BCUT2D eigenvalue weighted by atomic mass is 10.2. The van der Waals surface area contributed by atoms with Gasteiger partial charge in [0.2, 0.25) is 5.76 Å². The number of aliphatic hydroxyl groups excluding tert-OH is 2. The van der Waals surface area contributed by atoms with Crippen molar-refractivity contribution in [1.82, 2.24) is 0 Å². The van der Waals surface area contributed by atoms with Gasteiger partial charge < -0.3 is 24.4 Å². The molecule has 1 fully saturated rings. The summed E-state index contributed by atoms with van der Waals surface area (Å²) in [5.74, 6) is -2.15. The van der Waals surface area contributed by atoms with Crippen LogP contribution in [0, 0.1) is 0 Å². The molecule has 0 bridgehead atoms. The molecule has 6 nitrogen and oxygen atoms in total. The molecule has 0 amide bonds. The van der Waals surface area contributed by atoms with Gasteiger partial charge in [-0.2, -0.15) is 0 Å². The van der Waals surface area contributed by atoms with Gasteiger partial charge in [-0.3, -0.25) is 0 Å². The van der Waals surface area contributed by atoms with E-state index in [1.807, 2.05) is 6.92 Å². The first-order chi connectivity index (χ1) is 7.63. The van der Waals surface area contributed by atoms with Crippen molar-refractivity contribution in [1.29, 1.82) is 0 Å². The molecule has 1 saturated heterocycles. The van der Waals surface area contributed by atoms with Crippen molar-refractivity contribution in [2.24, 2.45) is 0 Å². The lowest BCUT2D eigenvalue weighted by molar-refractivity contribution is -0.149. The van der Waals surface area contributed by atoms with Crippen LogP contribution in [0.4, 0.5) is 0 Å². The minimum atomic E-state index is -0.950. The Morgan fingerprint density at radius 3 is 2.75 bits per heavy atom. The Kier molecular flexibility index (Phi) is 3.02. The Labute approximate surface area is 92.4 Å². The minimum Gasteiger partial charge on any atom is -0.505 e. The molecular weight excluding hydrogens is 216 g/mol. The largest absolute Gasteiger partial charge is 0.505 e. The second-order valence-electron chi connectivity index (χ2n) is 3.79. The van der Waals surface area contributed by atoms with Gasteiger partial charge >= 0.3 is 5.97 Å². The van der Waals surface area contributed by atoms with Gasteiger partial charge in [0.15, 0.2) is 18.2 Å². The fraction of sp³-hybridized carbons (Fsp3) is 0.700. The smallest absolute Gasteiger partial charge is 0.377 e. The van der Waals surface area contributed by atoms with Gasteiger partial charge in [0.1, 0.15) is 6.10 Å². The summed E-state index contributed by atoms with van der Waals surface area (Å²) in [7, 11) is 0. The molecule has 0 aromatic rings. The first kappa shape index (κ1) is 11.2. The quantitative estimate of drug-likeness (QED) is 0.697. The van der Waals surface area contributed by atoms with E-state index in [0.29, 0.717) is 0 Å². The van der Waals surface area contributed by atoms with E-state index in [1.165, 1.54) is 0 Å². The van der Waals surface area contributed by atoms with Crippen LogP contribution in [0.2, 0.25) is 0 Å². The average Bonchev–Trinajstić information content (AvgIpc) is 2.80. The van der Waals surface area contributed by atoms with E-state index >= 15 is 0 Å². The molecule has 3 unspecified atom stereocenters. The molecule has 2 aliphatic heterocycles. The summed E-state index contributed by atoms with van der Waals surface area (Å²) in [5.41, 5.74) is 0. The van der Waals surface area contributed by atoms with Gasteiger partial charge in [0, 0.05) is 0 Å². The predicted octanol–water partition coefficient (Wildman–Crippen LogP) is 0.781. The van der Waals surface area contributed by atoms with Crippen LogP contribution in [0.5, 0.6) is 0 Å². The Bertz CT molecular complexity index is 323. The molecule has 0 radical (unpaired) electrons. The highest BCUT2D eigenvalue weighted by molar-refractivity contribution is 5.89. The second-order valence-corrected chi connectivity index (χ2v) is 3.79. The summed E-state index contributed by atoms with van der Waals surface area (Å²) in [6.45, 7) is 2.23. The molecule has 0 aliphatic carbocycles. The third-order valence-corrected chi connectivity index (χ3v) is 2.57. The van der Waals surface area contributed by atoms with Crippen LogP contribution < -0.4 is 0 Å². The Morgan fingerprint density at radius 1 is 1.44 bits per heavy atom. The van der Waals surface area contributed by atoms with Crippen molar-refractivity contribution < 1.29 is 29.2 Å². The molecule has 16 heavy (non-hydrogen) atoms. The van der Waals surface area contributed by atoms with Gasteiger partial charge in [0.05, 0.1) is 6.61 Å². The first-order valence-corrected chi connectivity index (χ1v) is 5.23. The van der Waals surface area contributed by atoms with E-state index < -0.39 is 29.7 Å². The summed E-state index contributed by atoms with van der Waals surface area (Å²) < 4.78 is 15.5. The molecule has 90 valence electrons. The molecule has 6 heteroatoms. The van der Waals surface area contributed by atoms with Crippen LogP contribution in [0.3, 0.4) is 0 Å². The summed E-state index contributed by atoms with van der Waals surface area (Å²) in [4.78, 5) is 11.0. The highest BCUT2D eigenvalue weighted by Gasteiger charge is 2.44. The van der Waals surface area contributed by atoms with Crippen molar-refractivity contribution in [3.05, 3.63) is 11.5 Å². The van der Waals surface area contributed by atoms with Crippen LogP contribution in [0.25, 0.3) is 0 Å². The zero-order chi connectivity index (χ0) is 11.7. The Hall–Kier alpha value is -1.27. The van der Waals surface area contributed by atoms with E-state index in [-0.39, 0.29) is 12.9 Å². The molecule has 0 saturated carbocycles. The summed E-state index contributed by atoms with van der Waals surface area (Å²) in [6.07, 6.45) is -0.175. The lowest BCUT2D eigenvalue weighted by Crippen LogP contribution is -2.31. The molecule has 0 aromatic carbocycles. The summed E-state index contributed by atoms with van der Waals surface area (Å²) in [6, 6.07) is 0. The third kappa shape index (κ3) is 1.85.